The fourth-order valence-electron chi connectivity index (χ4n) is 3.07. The molecule has 0 bridgehead atoms. The lowest BCUT2D eigenvalue weighted by atomic mass is 10.0. The van der Waals surface area contributed by atoms with Crippen molar-refractivity contribution in [3.8, 4) is 17.2 Å². The number of carbonyl (C=O) groups excluding carboxylic acids is 2. The first-order chi connectivity index (χ1) is 13.0. The zero-order valence-corrected chi connectivity index (χ0v) is 15.1. The third-order valence-electron chi connectivity index (χ3n) is 4.70. The van der Waals surface area contributed by atoms with Crippen LogP contribution >= 0.6 is 0 Å². The Morgan fingerprint density at radius 2 is 1.93 bits per heavy atom. The third kappa shape index (κ3) is 3.16. The zero-order valence-electron chi connectivity index (χ0n) is 15.1. The van der Waals surface area contributed by atoms with E-state index >= 15 is 0 Å². The number of rotatable bonds is 4. The van der Waals surface area contributed by atoms with E-state index in [1.807, 2.05) is 37.3 Å². The van der Waals surface area contributed by atoms with Crippen molar-refractivity contribution in [1.82, 2.24) is 5.32 Å². The molecule has 1 unspecified atom stereocenters. The fraction of sp³-hybridized carbons (Fsp3) is 0.300. The van der Waals surface area contributed by atoms with Crippen molar-refractivity contribution in [2.24, 2.45) is 0 Å². The Labute approximate surface area is 156 Å². The number of hydrogen-bond donors (Lipinski definition) is 2. The Morgan fingerprint density at radius 1 is 1.15 bits per heavy atom. The molecule has 0 saturated heterocycles. The molecular formula is C20H20N2O5. The molecule has 2 aliphatic rings. The van der Waals surface area contributed by atoms with Crippen LogP contribution in [0.5, 0.6) is 17.2 Å². The molecule has 0 radical (unpaired) electrons. The van der Waals surface area contributed by atoms with Gasteiger partial charge in [0.05, 0.1) is 5.69 Å². The van der Waals surface area contributed by atoms with Crippen LogP contribution in [0.3, 0.4) is 0 Å². The number of ether oxygens (including phenoxy) is 3. The summed E-state index contributed by atoms with van der Waals surface area (Å²) in [5.41, 5.74) is 0.955. The Kier molecular flexibility index (Phi) is 4.14. The molecule has 0 spiro atoms. The molecule has 0 aromatic heterocycles. The molecule has 2 aromatic carbocycles. The fourth-order valence-corrected chi connectivity index (χ4v) is 3.07. The van der Waals surface area contributed by atoms with Gasteiger partial charge in [-0.1, -0.05) is 12.1 Å². The van der Waals surface area contributed by atoms with Crippen molar-refractivity contribution >= 4 is 17.5 Å². The molecule has 140 valence electrons. The molecule has 0 saturated carbocycles. The van der Waals surface area contributed by atoms with Gasteiger partial charge in [0.1, 0.15) is 5.75 Å². The van der Waals surface area contributed by atoms with Gasteiger partial charge in [-0.3, -0.25) is 9.59 Å². The summed E-state index contributed by atoms with van der Waals surface area (Å²) in [6, 6.07) is 11.1. The van der Waals surface area contributed by atoms with Gasteiger partial charge in [-0.15, -0.1) is 0 Å². The highest BCUT2D eigenvalue weighted by atomic mass is 16.7. The van der Waals surface area contributed by atoms with E-state index in [1.54, 1.807) is 6.07 Å². The lowest BCUT2D eigenvalue weighted by Gasteiger charge is -2.33. The van der Waals surface area contributed by atoms with Gasteiger partial charge in [-0.25, -0.2) is 0 Å². The van der Waals surface area contributed by atoms with E-state index in [-0.39, 0.29) is 6.79 Å². The summed E-state index contributed by atoms with van der Waals surface area (Å²) in [5, 5.41) is 5.54. The Hall–Kier alpha value is -3.22. The number of carbonyl (C=O) groups is 2. The second-order valence-corrected chi connectivity index (χ2v) is 6.78. The second-order valence-electron chi connectivity index (χ2n) is 6.78. The van der Waals surface area contributed by atoms with Gasteiger partial charge in [0, 0.05) is 6.54 Å². The molecular weight excluding hydrogens is 348 g/mol. The van der Waals surface area contributed by atoms with Crippen LogP contribution in [-0.4, -0.2) is 30.8 Å². The van der Waals surface area contributed by atoms with Gasteiger partial charge >= 0.3 is 0 Å². The van der Waals surface area contributed by atoms with Crippen LogP contribution in [0.25, 0.3) is 0 Å². The normalized spacial score (nSPS) is 19.7. The molecule has 0 aliphatic carbocycles. The van der Waals surface area contributed by atoms with Crippen molar-refractivity contribution in [2.75, 3.05) is 18.7 Å². The zero-order chi connectivity index (χ0) is 19.0. The van der Waals surface area contributed by atoms with E-state index in [0.29, 0.717) is 30.2 Å². The molecule has 1 atom stereocenters. The van der Waals surface area contributed by atoms with Crippen molar-refractivity contribution < 1.29 is 23.8 Å². The SMILES string of the molecule is Cc1ccc2c(c1)NC(=O)C(C)(C(=O)NCCc1ccc3c(c1)OCO3)O2. The molecule has 4 rings (SSSR count). The first kappa shape index (κ1) is 17.2. The predicted molar refractivity (Wildman–Crippen MR) is 98.1 cm³/mol. The van der Waals surface area contributed by atoms with Crippen LogP contribution in [0.1, 0.15) is 18.1 Å². The number of nitrogens with one attached hydrogen (secondary N) is 2. The van der Waals surface area contributed by atoms with Crippen LogP contribution in [0.2, 0.25) is 0 Å². The Bertz CT molecular complexity index is 927. The molecule has 2 N–H and O–H groups in total. The maximum absolute atomic E-state index is 12.6. The maximum Gasteiger partial charge on any atom is 0.278 e. The highest BCUT2D eigenvalue weighted by Crippen LogP contribution is 2.35. The summed E-state index contributed by atoms with van der Waals surface area (Å²) in [5.74, 6) is 0.936. The van der Waals surface area contributed by atoms with Crippen molar-refractivity contribution in [2.45, 2.75) is 25.9 Å². The Balaban J connectivity index is 1.40. The Morgan fingerprint density at radius 3 is 2.78 bits per heavy atom. The highest BCUT2D eigenvalue weighted by molar-refractivity contribution is 6.15. The highest BCUT2D eigenvalue weighted by Gasteiger charge is 2.47. The van der Waals surface area contributed by atoms with Crippen LogP contribution in [0.15, 0.2) is 36.4 Å². The minimum absolute atomic E-state index is 0.224. The summed E-state index contributed by atoms with van der Waals surface area (Å²) in [6.07, 6.45) is 0.593. The van der Waals surface area contributed by atoms with Gasteiger partial charge in [-0.2, -0.15) is 0 Å². The average Bonchev–Trinajstić information content (AvgIpc) is 3.11. The van der Waals surface area contributed by atoms with E-state index in [1.165, 1.54) is 6.92 Å². The first-order valence-electron chi connectivity index (χ1n) is 8.74. The number of amides is 2. The number of benzene rings is 2. The van der Waals surface area contributed by atoms with Crippen LogP contribution in [0, 0.1) is 6.92 Å². The van der Waals surface area contributed by atoms with Gasteiger partial charge in [0.15, 0.2) is 11.5 Å². The van der Waals surface area contributed by atoms with Gasteiger partial charge in [0.2, 0.25) is 6.79 Å². The molecule has 7 nitrogen and oxygen atoms in total. The lowest BCUT2D eigenvalue weighted by molar-refractivity contribution is -0.146. The van der Waals surface area contributed by atoms with Crippen molar-refractivity contribution in [1.29, 1.82) is 0 Å². The summed E-state index contributed by atoms with van der Waals surface area (Å²) in [7, 11) is 0. The van der Waals surface area contributed by atoms with Crippen LogP contribution in [0.4, 0.5) is 5.69 Å². The van der Waals surface area contributed by atoms with E-state index in [9.17, 15) is 9.59 Å². The van der Waals surface area contributed by atoms with Gasteiger partial charge in [0.25, 0.3) is 17.4 Å². The number of hydrogen-bond acceptors (Lipinski definition) is 5. The first-order valence-corrected chi connectivity index (χ1v) is 8.74. The maximum atomic E-state index is 12.6. The topological polar surface area (TPSA) is 85.9 Å². The lowest BCUT2D eigenvalue weighted by Crippen LogP contribution is -2.58. The monoisotopic (exact) mass is 368 g/mol. The van der Waals surface area contributed by atoms with E-state index in [4.69, 9.17) is 14.2 Å². The summed E-state index contributed by atoms with van der Waals surface area (Å²) < 4.78 is 16.4. The minimum Gasteiger partial charge on any atom is -0.466 e. The van der Waals surface area contributed by atoms with Crippen molar-refractivity contribution in [3.05, 3.63) is 47.5 Å². The smallest absolute Gasteiger partial charge is 0.278 e. The third-order valence-corrected chi connectivity index (χ3v) is 4.70. The number of fused-ring (bicyclic) bond motifs is 2. The molecule has 2 aromatic rings. The van der Waals surface area contributed by atoms with Crippen LogP contribution < -0.4 is 24.8 Å². The molecule has 7 heteroatoms. The van der Waals surface area contributed by atoms with Gasteiger partial charge < -0.3 is 24.8 Å². The standard InChI is InChI=1S/C20H20N2O5/c1-12-3-5-15-14(9-12)22-19(24)20(2,27-15)18(23)21-8-7-13-4-6-16-17(10-13)26-11-25-16/h3-6,9-10H,7-8,11H2,1-2H3,(H,21,23)(H,22,24). The predicted octanol–water partition coefficient (Wildman–Crippen LogP) is 2.17. The van der Waals surface area contributed by atoms with E-state index in [0.717, 1.165) is 16.9 Å². The number of aryl methyl sites for hydroxylation is 1. The minimum atomic E-state index is -1.61. The van der Waals surface area contributed by atoms with Crippen molar-refractivity contribution in [3.63, 3.8) is 0 Å². The average molecular weight is 368 g/mol. The molecule has 2 heterocycles. The van der Waals surface area contributed by atoms with E-state index < -0.39 is 17.4 Å². The molecule has 2 amide bonds. The quantitative estimate of drug-likeness (QED) is 0.808. The summed E-state index contributed by atoms with van der Waals surface area (Å²) in [6.45, 7) is 3.98. The molecule has 27 heavy (non-hydrogen) atoms. The molecule has 0 fully saturated rings. The molecule has 2 aliphatic heterocycles. The number of anilines is 1. The second kappa shape index (κ2) is 6.50. The summed E-state index contributed by atoms with van der Waals surface area (Å²) >= 11 is 0. The van der Waals surface area contributed by atoms with Gasteiger partial charge in [-0.05, 0) is 55.7 Å². The van der Waals surface area contributed by atoms with E-state index in [2.05, 4.69) is 10.6 Å². The van der Waals surface area contributed by atoms with Crippen LogP contribution in [-0.2, 0) is 16.0 Å². The largest absolute Gasteiger partial charge is 0.466 e. The summed E-state index contributed by atoms with van der Waals surface area (Å²) in [4.78, 5) is 25.1.